The van der Waals surface area contributed by atoms with Gasteiger partial charge < -0.3 is 5.32 Å². The van der Waals surface area contributed by atoms with E-state index >= 15 is 0 Å². The van der Waals surface area contributed by atoms with Crippen molar-refractivity contribution >= 4 is 39.1 Å². The van der Waals surface area contributed by atoms with Crippen molar-refractivity contribution in [2.75, 3.05) is 18.0 Å². The minimum atomic E-state index is -3.63. The van der Waals surface area contributed by atoms with Crippen molar-refractivity contribution in [3.8, 4) is 0 Å². The van der Waals surface area contributed by atoms with Crippen LogP contribution in [0, 0.1) is 0 Å². The summed E-state index contributed by atoms with van der Waals surface area (Å²) in [6, 6.07) is 11.1. The second-order valence-corrected chi connectivity index (χ2v) is 9.71. The van der Waals surface area contributed by atoms with Crippen LogP contribution in [0.2, 0.25) is 5.02 Å². The number of hydrogen-bond acceptors (Lipinski definition) is 4. The van der Waals surface area contributed by atoms with E-state index in [9.17, 15) is 18.0 Å². The van der Waals surface area contributed by atoms with Gasteiger partial charge in [-0.1, -0.05) is 37.6 Å². The van der Waals surface area contributed by atoms with E-state index in [4.69, 9.17) is 11.6 Å². The fraction of sp³-hybridized carbons (Fsp3) is 0.364. The van der Waals surface area contributed by atoms with E-state index in [0.29, 0.717) is 29.4 Å². The number of carbonyl (C=O) groups is 2. The van der Waals surface area contributed by atoms with Crippen LogP contribution in [0.25, 0.3) is 0 Å². The fourth-order valence-corrected chi connectivity index (χ4v) is 5.58. The van der Waals surface area contributed by atoms with Gasteiger partial charge >= 0.3 is 0 Å². The molecule has 2 aromatic carbocycles. The average Bonchev–Trinajstić information content (AvgIpc) is 3.12. The molecule has 0 aliphatic carbocycles. The molecule has 1 atom stereocenters. The predicted octanol–water partition coefficient (Wildman–Crippen LogP) is 2.96. The molecule has 0 radical (unpaired) electrons. The van der Waals surface area contributed by atoms with Gasteiger partial charge in [-0.3, -0.25) is 14.5 Å². The molecule has 0 bridgehead atoms. The zero-order valence-electron chi connectivity index (χ0n) is 17.8. The molecule has 0 spiro atoms. The van der Waals surface area contributed by atoms with Crippen LogP contribution in [0.5, 0.6) is 0 Å². The number of rotatable bonds is 7. The minimum absolute atomic E-state index is 0.165. The number of benzene rings is 2. The van der Waals surface area contributed by atoms with Gasteiger partial charge in [0.05, 0.1) is 4.90 Å². The third-order valence-corrected chi connectivity index (χ3v) is 7.66. The average molecular weight is 464 g/mol. The highest BCUT2D eigenvalue weighted by molar-refractivity contribution is 7.89. The molecular weight excluding hydrogens is 438 g/mol. The third kappa shape index (κ3) is 4.76. The van der Waals surface area contributed by atoms with Crippen LogP contribution >= 0.6 is 11.6 Å². The standard InChI is InChI=1S/C22H26ClN3O4S/c1-4-25(5-2)31(29,30)19-9-10-20-17(12-19)13-21(26(20)15(3)27)22(28)24-14-16-7-6-8-18(23)11-16/h6-12,21H,4-5,13-14H2,1-3H3,(H,24,28). The van der Waals surface area contributed by atoms with E-state index in [0.717, 1.165) is 5.56 Å². The monoisotopic (exact) mass is 463 g/mol. The van der Waals surface area contributed by atoms with Gasteiger partial charge in [0.2, 0.25) is 21.8 Å². The molecule has 2 aromatic rings. The summed E-state index contributed by atoms with van der Waals surface area (Å²) in [6.45, 7) is 5.97. The second kappa shape index (κ2) is 9.38. The van der Waals surface area contributed by atoms with Gasteiger partial charge in [0.15, 0.2) is 0 Å². The van der Waals surface area contributed by atoms with Crippen LogP contribution in [0.1, 0.15) is 31.9 Å². The maximum Gasteiger partial charge on any atom is 0.243 e. The van der Waals surface area contributed by atoms with Gasteiger partial charge in [-0.05, 0) is 41.5 Å². The first-order chi connectivity index (χ1) is 14.7. The van der Waals surface area contributed by atoms with E-state index in [1.165, 1.54) is 22.2 Å². The Hall–Kier alpha value is -2.42. The number of sulfonamides is 1. The number of carbonyl (C=O) groups excluding carboxylic acids is 2. The molecule has 1 N–H and O–H groups in total. The molecule has 0 fully saturated rings. The lowest BCUT2D eigenvalue weighted by Gasteiger charge is -2.23. The van der Waals surface area contributed by atoms with E-state index in [2.05, 4.69) is 5.32 Å². The molecule has 0 saturated heterocycles. The van der Waals surface area contributed by atoms with Gasteiger partial charge in [-0.2, -0.15) is 4.31 Å². The molecule has 0 saturated carbocycles. The largest absolute Gasteiger partial charge is 0.350 e. The van der Waals surface area contributed by atoms with Crippen LogP contribution in [-0.2, 0) is 32.6 Å². The van der Waals surface area contributed by atoms with Gasteiger partial charge in [-0.25, -0.2) is 8.42 Å². The van der Waals surface area contributed by atoms with Crippen molar-refractivity contribution in [3.63, 3.8) is 0 Å². The van der Waals surface area contributed by atoms with Crippen LogP contribution < -0.4 is 10.2 Å². The number of anilines is 1. The summed E-state index contributed by atoms with van der Waals surface area (Å²) in [4.78, 5) is 26.8. The summed E-state index contributed by atoms with van der Waals surface area (Å²) in [7, 11) is -3.63. The Labute approximate surface area is 188 Å². The molecule has 1 aliphatic heterocycles. The molecule has 3 rings (SSSR count). The first kappa shape index (κ1) is 23.2. The van der Waals surface area contributed by atoms with E-state index in [1.54, 1.807) is 44.2 Å². The molecule has 1 unspecified atom stereocenters. The smallest absolute Gasteiger partial charge is 0.243 e. The first-order valence-electron chi connectivity index (χ1n) is 10.1. The minimum Gasteiger partial charge on any atom is -0.350 e. The molecule has 7 nitrogen and oxygen atoms in total. The number of halogens is 1. The number of hydrogen-bond donors (Lipinski definition) is 1. The van der Waals surface area contributed by atoms with Crippen LogP contribution in [0.15, 0.2) is 47.4 Å². The van der Waals surface area contributed by atoms with Crippen molar-refractivity contribution in [2.24, 2.45) is 0 Å². The van der Waals surface area contributed by atoms with Crippen molar-refractivity contribution < 1.29 is 18.0 Å². The summed E-state index contributed by atoms with van der Waals surface area (Å²) in [5.41, 5.74) is 2.07. The van der Waals surface area contributed by atoms with Crippen LogP contribution in [0.3, 0.4) is 0 Å². The summed E-state index contributed by atoms with van der Waals surface area (Å²) >= 11 is 5.99. The Morgan fingerprint density at radius 3 is 2.48 bits per heavy atom. The van der Waals surface area contributed by atoms with Crippen molar-refractivity contribution in [1.29, 1.82) is 0 Å². The molecule has 2 amide bonds. The predicted molar refractivity (Wildman–Crippen MR) is 120 cm³/mol. The lowest BCUT2D eigenvalue weighted by molar-refractivity contribution is -0.125. The summed E-state index contributed by atoms with van der Waals surface area (Å²) in [5.74, 6) is -0.583. The summed E-state index contributed by atoms with van der Waals surface area (Å²) in [6.07, 6.45) is 0.248. The van der Waals surface area contributed by atoms with E-state index in [1.807, 2.05) is 6.07 Å². The topological polar surface area (TPSA) is 86.8 Å². The molecule has 166 valence electrons. The summed E-state index contributed by atoms with van der Waals surface area (Å²) < 4.78 is 27.1. The van der Waals surface area contributed by atoms with Crippen molar-refractivity contribution in [2.45, 2.75) is 44.7 Å². The highest BCUT2D eigenvalue weighted by Gasteiger charge is 2.37. The van der Waals surface area contributed by atoms with Crippen LogP contribution in [-0.4, -0.2) is 43.7 Å². The highest BCUT2D eigenvalue weighted by Crippen LogP contribution is 2.35. The maximum absolute atomic E-state index is 12.9. The Morgan fingerprint density at radius 1 is 1.16 bits per heavy atom. The number of nitrogens with one attached hydrogen (secondary N) is 1. The Bertz CT molecular complexity index is 1100. The fourth-order valence-electron chi connectivity index (χ4n) is 3.85. The molecule has 0 aromatic heterocycles. The zero-order valence-corrected chi connectivity index (χ0v) is 19.3. The molecule has 1 aliphatic rings. The zero-order chi connectivity index (χ0) is 22.8. The normalized spacial score (nSPS) is 15.8. The Morgan fingerprint density at radius 2 is 1.87 bits per heavy atom. The van der Waals surface area contributed by atoms with E-state index < -0.39 is 16.1 Å². The van der Waals surface area contributed by atoms with Gasteiger partial charge in [-0.15, -0.1) is 0 Å². The van der Waals surface area contributed by atoms with Gasteiger partial charge in [0.1, 0.15) is 6.04 Å². The molecule has 31 heavy (non-hydrogen) atoms. The number of amides is 2. The number of nitrogens with zero attached hydrogens (tertiary/aromatic N) is 2. The first-order valence-corrected chi connectivity index (χ1v) is 12.0. The highest BCUT2D eigenvalue weighted by atomic mass is 35.5. The Kier molecular flexibility index (Phi) is 7.03. The van der Waals surface area contributed by atoms with Crippen molar-refractivity contribution in [1.82, 2.24) is 9.62 Å². The quantitative estimate of drug-likeness (QED) is 0.683. The van der Waals surface area contributed by atoms with Gasteiger partial charge in [0, 0.05) is 43.7 Å². The lowest BCUT2D eigenvalue weighted by atomic mass is 10.1. The molecular formula is C22H26ClN3O4S. The Balaban J connectivity index is 1.84. The van der Waals surface area contributed by atoms with E-state index in [-0.39, 0.29) is 29.7 Å². The third-order valence-electron chi connectivity index (χ3n) is 5.38. The second-order valence-electron chi connectivity index (χ2n) is 7.34. The van der Waals surface area contributed by atoms with Crippen LogP contribution in [0.4, 0.5) is 5.69 Å². The van der Waals surface area contributed by atoms with Gasteiger partial charge in [0.25, 0.3) is 0 Å². The van der Waals surface area contributed by atoms with Crippen molar-refractivity contribution in [3.05, 3.63) is 58.6 Å². The summed E-state index contributed by atoms with van der Waals surface area (Å²) in [5, 5.41) is 3.43. The lowest BCUT2D eigenvalue weighted by Crippen LogP contribution is -2.47. The maximum atomic E-state index is 12.9. The number of fused-ring (bicyclic) bond motifs is 1. The molecule has 1 heterocycles. The SMILES string of the molecule is CCN(CC)S(=O)(=O)c1ccc2c(c1)CC(C(=O)NCc1cccc(Cl)c1)N2C(C)=O. The molecule has 9 heteroatoms.